The Hall–Kier alpha value is -1.41. The fraction of sp³-hybridized carbons (Fsp3) is 0.200. The largest absolute Gasteiger partial charge is 0.365 e. The predicted molar refractivity (Wildman–Crippen MR) is 92.7 cm³/mol. The summed E-state index contributed by atoms with van der Waals surface area (Å²) in [6, 6.07) is 6.33. The molecule has 1 heterocycles. The number of anilines is 1. The summed E-state index contributed by atoms with van der Waals surface area (Å²) in [5.74, 6) is -0.677. The number of benzene rings is 1. The standard InChI is InChI=1S/C15H13IN2O2S/c1-7(19)18-15-12(14(17)20)10-5-3-8-2-4-9(16)6-11(8)13(10)21-15/h2,4,6H,3,5H2,1H3,(H2,17,20)(H,18,19). The number of rotatable bonds is 2. The summed E-state index contributed by atoms with van der Waals surface area (Å²) in [7, 11) is 0. The summed E-state index contributed by atoms with van der Waals surface area (Å²) in [6.07, 6.45) is 1.66. The molecule has 108 valence electrons. The van der Waals surface area contributed by atoms with Crippen LogP contribution in [0.2, 0.25) is 0 Å². The molecule has 0 saturated heterocycles. The molecule has 2 aromatic rings. The Morgan fingerprint density at radius 2 is 2.10 bits per heavy atom. The average molecular weight is 412 g/mol. The second kappa shape index (κ2) is 5.42. The van der Waals surface area contributed by atoms with Crippen molar-refractivity contribution in [2.75, 3.05) is 5.32 Å². The third-order valence-electron chi connectivity index (χ3n) is 3.50. The van der Waals surface area contributed by atoms with Gasteiger partial charge in [-0.2, -0.15) is 0 Å². The van der Waals surface area contributed by atoms with Crippen LogP contribution in [0.3, 0.4) is 0 Å². The maximum Gasteiger partial charge on any atom is 0.252 e. The van der Waals surface area contributed by atoms with Gasteiger partial charge in [-0.25, -0.2) is 0 Å². The van der Waals surface area contributed by atoms with E-state index < -0.39 is 5.91 Å². The van der Waals surface area contributed by atoms with E-state index in [1.54, 1.807) is 0 Å². The molecule has 1 aliphatic carbocycles. The van der Waals surface area contributed by atoms with Gasteiger partial charge in [0.05, 0.1) is 5.56 Å². The fourth-order valence-electron chi connectivity index (χ4n) is 2.67. The van der Waals surface area contributed by atoms with Crippen LogP contribution in [0.1, 0.15) is 28.4 Å². The van der Waals surface area contributed by atoms with Crippen LogP contribution in [0.25, 0.3) is 10.4 Å². The van der Waals surface area contributed by atoms with Crippen LogP contribution in [-0.4, -0.2) is 11.8 Å². The molecule has 0 fully saturated rings. The molecule has 0 aliphatic heterocycles. The smallest absolute Gasteiger partial charge is 0.252 e. The number of primary amides is 1. The van der Waals surface area contributed by atoms with Gasteiger partial charge in [0.2, 0.25) is 5.91 Å². The van der Waals surface area contributed by atoms with Crippen LogP contribution in [0.5, 0.6) is 0 Å². The molecule has 21 heavy (non-hydrogen) atoms. The van der Waals surface area contributed by atoms with Crippen molar-refractivity contribution in [2.45, 2.75) is 19.8 Å². The topological polar surface area (TPSA) is 72.2 Å². The zero-order valence-corrected chi connectivity index (χ0v) is 14.3. The van der Waals surface area contributed by atoms with Crippen molar-refractivity contribution in [3.63, 3.8) is 0 Å². The van der Waals surface area contributed by atoms with Crippen molar-refractivity contribution >= 4 is 50.7 Å². The molecule has 2 amide bonds. The SMILES string of the molecule is CC(=O)Nc1sc2c(c1C(N)=O)CCc1ccc(I)cc1-2. The molecule has 3 N–H and O–H groups in total. The van der Waals surface area contributed by atoms with Gasteiger partial charge in [0.25, 0.3) is 5.91 Å². The molecule has 0 bridgehead atoms. The first-order chi connectivity index (χ1) is 9.97. The zero-order valence-electron chi connectivity index (χ0n) is 11.3. The van der Waals surface area contributed by atoms with E-state index in [9.17, 15) is 9.59 Å². The highest BCUT2D eigenvalue weighted by Crippen LogP contribution is 2.45. The Morgan fingerprint density at radius 3 is 2.76 bits per heavy atom. The van der Waals surface area contributed by atoms with Gasteiger partial charge in [0, 0.05) is 15.4 Å². The van der Waals surface area contributed by atoms with Crippen LogP contribution in [0.15, 0.2) is 18.2 Å². The monoisotopic (exact) mass is 412 g/mol. The van der Waals surface area contributed by atoms with Gasteiger partial charge in [0.1, 0.15) is 5.00 Å². The number of nitrogens with one attached hydrogen (secondary N) is 1. The van der Waals surface area contributed by atoms with Gasteiger partial charge in [-0.15, -0.1) is 11.3 Å². The van der Waals surface area contributed by atoms with E-state index in [1.807, 2.05) is 0 Å². The highest BCUT2D eigenvalue weighted by atomic mass is 127. The van der Waals surface area contributed by atoms with E-state index in [1.165, 1.54) is 23.8 Å². The van der Waals surface area contributed by atoms with E-state index in [-0.39, 0.29) is 5.91 Å². The van der Waals surface area contributed by atoms with Crippen molar-refractivity contribution in [3.05, 3.63) is 38.5 Å². The number of halogens is 1. The number of hydrogen-bond donors (Lipinski definition) is 2. The van der Waals surface area contributed by atoms with E-state index >= 15 is 0 Å². The first kappa shape index (κ1) is 14.5. The lowest BCUT2D eigenvalue weighted by Gasteiger charge is -2.17. The summed E-state index contributed by atoms with van der Waals surface area (Å²) in [5.41, 5.74) is 9.37. The second-order valence-electron chi connectivity index (χ2n) is 4.96. The van der Waals surface area contributed by atoms with Crippen LogP contribution >= 0.6 is 33.9 Å². The van der Waals surface area contributed by atoms with Crippen molar-refractivity contribution in [1.82, 2.24) is 0 Å². The summed E-state index contributed by atoms with van der Waals surface area (Å²) < 4.78 is 1.15. The number of aryl methyl sites for hydroxylation is 1. The molecule has 6 heteroatoms. The number of carbonyl (C=O) groups is 2. The van der Waals surface area contributed by atoms with Crippen molar-refractivity contribution in [1.29, 1.82) is 0 Å². The number of fused-ring (bicyclic) bond motifs is 3. The highest BCUT2D eigenvalue weighted by molar-refractivity contribution is 14.1. The maximum atomic E-state index is 11.8. The lowest BCUT2D eigenvalue weighted by Crippen LogP contribution is -2.17. The van der Waals surface area contributed by atoms with Gasteiger partial charge in [-0.3, -0.25) is 9.59 Å². The van der Waals surface area contributed by atoms with Crippen molar-refractivity contribution in [3.8, 4) is 10.4 Å². The first-order valence-corrected chi connectivity index (χ1v) is 8.38. The second-order valence-corrected chi connectivity index (χ2v) is 7.23. The third kappa shape index (κ3) is 2.57. The number of carbonyl (C=O) groups excluding carboxylic acids is 2. The third-order valence-corrected chi connectivity index (χ3v) is 5.36. The van der Waals surface area contributed by atoms with Gasteiger partial charge in [0.15, 0.2) is 0 Å². The van der Waals surface area contributed by atoms with Crippen LogP contribution in [0.4, 0.5) is 5.00 Å². The maximum absolute atomic E-state index is 11.8. The molecule has 1 aliphatic rings. The van der Waals surface area contributed by atoms with Gasteiger partial charge < -0.3 is 11.1 Å². The first-order valence-electron chi connectivity index (χ1n) is 6.49. The van der Waals surface area contributed by atoms with E-state index in [2.05, 4.69) is 46.1 Å². The Bertz CT molecular complexity index is 767. The molecule has 0 saturated carbocycles. The van der Waals surface area contributed by atoms with Crippen LogP contribution in [-0.2, 0) is 17.6 Å². The Kier molecular flexibility index (Phi) is 3.75. The molecule has 0 atom stereocenters. The molecule has 1 aromatic heterocycles. The lowest BCUT2D eigenvalue weighted by atomic mass is 9.89. The lowest BCUT2D eigenvalue weighted by molar-refractivity contribution is -0.114. The van der Waals surface area contributed by atoms with Crippen molar-refractivity contribution in [2.24, 2.45) is 5.73 Å². The molecular weight excluding hydrogens is 399 g/mol. The highest BCUT2D eigenvalue weighted by Gasteiger charge is 2.27. The van der Waals surface area contributed by atoms with Crippen LogP contribution in [0, 0.1) is 3.57 Å². The zero-order chi connectivity index (χ0) is 15.1. The summed E-state index contributed by atoms with van der Waals surface area (Å²) in [6.45, 7) is 1.43. The summed E-state index contributed by atoms with van der Waals surface area (Å²) in [4.78, 5) is 24.2. The number of hydrogen-bond acceptors (Lipinski definition) is 3. The van der Waals surface area contributed by atoms with Gasteiger partial charge in [-0.1, -0.05) is 6.07 Å². The fourth-order valence-corrected chi connectivity index (χ4v) is 4.51. The molecule has 0 unspecified atom stereocenters. The molecule has 0 radical (unpaired) electrons. The minimum absolute atomic E-state index is 0.195. The molecule has 4 nitrogen and oxygen atoms in total. The number of nitrogens with two attached hydrogens (primary N) is 1. The van der Waals surface area contributed by atoms with Crippen molar-refractivity contribution < 1.29 is 9.59 Å². The summed E-state index contributed by atoms with van der Waals surface area (Å²) >= 11 is 3.71. The molecule has 3 rings (SSSR count). The summed E-state index contributed by atoms with van der Waals surface area (Å²) in [5, 5.41) is 3.30. The quantitative estimate of drug-likeness (QED) is 0.744. The molecule has 0 spiro atoms. The van der Waals surface area contributed by atoms with Gasteiger partial charge in [-0.05, 0) is 64.3 Å². The number of thiophene rings is 1. The Labute approximate surface area is 139 Å². The Balaban J connectivity index is 2.23. The number of amides is 2. The normalized spacial score (nSPS) is 12.5. The van der Waals surface area contributed by atoms with E-state index in [0.717, 1.165) is 32.4 Å². The minimum atomic E-state index is -0.481. The molecular formula is C15H13IN2O2S. The predicted octanol–water partition coefficient (Wildman–Crippen LogP) is 3.18. The Morgan fingerprint density at radius 1 is 1.33 bits per heavy atom. The molecule has 1 aromatic carbocycles. The minimum Gasteiger partial charge on any atom is -0.365 e. The van der Waals surface area contributed by atoms with Crippen LogP contribution < -0.4 is 11.1 Å². The average Bonchev–Trinajstić information content (AvgIpc) is 2.76. The van der Waals surface area contributed by atoms with Gasteiger partial charge >= 0.3 is 0 Å². The van der Waals surface area contributed by atoms with E-state index in [0.29, 0.717) is 10.6 Å². The van der Waals surface area contributed by atoms with E-state index in [4.69, 9.17) is 5.73 Å².